The van der Waals surface area contributed by atoms with Crippen molar-refractivity contribution in [3.8, 4) is 11.5 Å². The summed E-state index contributed by atoms with van der Waals surface area (Å²) in [5.74, 6) is -0.0214. The number of nitrogens with zero attached hydrogens (tertiary/aromatic N) is 1. The van der Waals surface area contributed by atoms with Crippen molar-refractivity contribution in [3.05, 3.63) is 46.5 Å². The van der Waals surface area contributed by atoms with Gasteiger partial charge in [-0.1, -0.05) is 23.7 Å². The predicted octanol–water partition coefficient (Wildman–Crippen LogP) is 3.38. The number of sulfonamides is 1. The summed E-state index contributed by atoms with van der Waals surface area (Å²) < 4.78 is 36.2. The van der Waals surface area contributed by atoms with Crippen molar-refractivity contribution in [1.82, 2.24) is 0 Å². The molecule has 0 aliphatic carbocycles. The molecule has 0 unspecified atom stereocenters. The second kappa shape index (κ2) is 8.70. The van der Waals surface area contributed by atoms with Crippen LogP contribution in [0.2, 0.25) is 5.02 Å². The maximum Gasteiger partial charge on any atom is 0.245 e. The second-order valence-corrected chi connectivity index (χ2v) is 8.54. The lowest BCUT2D eigenvalue weighted by Gasteiger charge is -2.25. The molecule has 7 nitrogen and oxygen atoms in total. The molecule has 0 spiro atoms. The normalized spacial score (nSPS) is 11.1. The van der Waals surface area contributed by atoms with E-state index in [0.717, 1.165) is 21.7 Å². The Balaban J connectivity index is 2.41. The first-order valence-electron chi connectivity index (χ1n) is 8.33. The molecule has 0 aromatic heterocycles. The van der Waals surface area contributed by atoms with Gasteiger partial charge >= 0.3 is 0 Å². The van der Waals surface area contributed by atoms with E-state index in [0.29, 0.717) is 5.69 Å². The highest BCUT2D eigenvalue weighted by molar-refractivity contribution is 7.92. The topological polar surface area (TPSA) is 84.9 Å². The molecule has 1 amide bonds. The van der Waals surface area contributed by atoms with Crippen molar-refractivity contribution in [2.24, 2.45) is 0 Å². The number of hydrogen-bond donors (Lipinski definition) is 1. The monoisotopic (exact) mass is 426 g/mol. The molecule has 0 saturated carbocycles. The van der Waals surface area contributed by atoms with E-state index in [1.807, 2.05) is 26.0 Å². The highest BCUT2D eigenvalue weighted by Crippen LogP contribution is 2.39. The lowest BCUT2D eigenvalue weighted by atomic mass is 10.1. The van der Waals surface area contributed by atoms with Crippen LogP contribution in [-0.2, 0) is 14.8 Å². The van der Waals surface area contributed by atoms with Gasteiger partial charge in [0.2, 0.25) is 15.9 Å². The fourth-order valence-corrected chi connectivity index (χ4v) is 3.71. The third kappa shape index (κ3) is 4.88. The minimum absolute atomic E-state index is 0.155. The third-order valence-electron chi connectivity index (χ3n) is 4.29. The van der Waals surface area contributed by atoms with Gasteiger partial charge in [0.25, 0.3) is 0 Å². The van der Waals surface area contributed by atoms with Crippen LogP contribution >= 0.6 is 11.6 Å². The molecule has 152 valence electrons. The molecule has 2 rings (SSSR count). The van der Waals surface area contributed by atoms with Crippen molar-refractivity contribution in [2.45, 2.75) is 13.8 Å². The van der Waals surface area contributed by atoms with Crippen LogP contribution in [0, 0.1) is 13.8 Å². The average Bonchev–Trinajstić information content (AvgIpc) is 2.62. The molecule has 0 radical (unpaired) electrons. The van der Waals surface area contributed by atoms with Gasteiger partial charge < -0.3 is 14.8 Å². The van der Waals surface area contributed by atoms with Crippen LogP contribution in [0.3, 0.4) is 0 Å². The van der Waals surface area contributed by atoms with Gasteiger partial charge in [0, 0.05) is 17.8 Å². The van der Waals surface area contributed by atoms with Crippen molar-refractivity contribution in [3.63, 3.8) is 0 Å². The molecule has 0 fully saturated rings. The molecule has 2 aromatic carbocycles. The number of methoxy groups -OCH3 is 2. The summed E-state index contributed by atoms with van der Waals surface area (Å²) in [4.78, 5) is 12.6. The Labute approximate surface area is 170 Å². The number of halogens is 1. The number of carbonyl (C=O) groups excluding carboxylic acids is 1. The van der Waals surface area contributed by atoms with Crippen LogP contribution < -0.4 is 19.1 Å². The fraction of sp³-hybridized carbons (Fsp3) is 0.316. The Morgan fingerprint density at radius 3 is 2.36 bits per heavy atom. The molecule has 0 heterocycles. The number of anilines is 2. The number of carbonyl (C=O) groups is 1. The van der Waals surface area contributed by atoms with E-state index in [9.17, 15) is 13.2 Å². The van der Waals surface area contributed by atoms with Crippen LogP contribution in [0.15, 0.2) is 30.3 Å². The van der Waals surface area contributed by atoms with E-state index in [-0.39, 0.29) is 22.2 Å². The van der Waals surface area contributed by atoms with Gasteiger partial charge in [-0.15, -0.1) is 0 Å². The first kappa shape index (κ1) is 21.8. The number of rotatable bonds is 7. The first-order valence-corrected chi connectivity index (χ1v) is 10.6. The predicted molar refractivity (Wildman–Crippen MR) is 111 cm³/mol. The Kier molecular flexibility index (Phi) is 6.79. The van der Waals surface area contributed by atoms with Gasteiger partial charge in [-0.25, -0.2) is 8.42 Å². The standard InChI is InChI=1S/C19H23ClN2O5S/c1-12-7-6-8-15(13(12)2)21-19(23)11-22(28(5,24)25)16-10-17(26-3)14(20)9-18(16)27-4/h6-10H,11H2,1-5H3,(H,21,23). The quantitative estimate of drug-likeness (QED) is 0.733. The van der Waals surface area contributed by atoms with E-state index in [4.69, 9.17) is 21.1 Å². The average molecular weight is 427 g/mol. The summed E-state index contributed by atoms with van der Waals surface area (Å²) >= 11 is 6.09. The Morgan fingerprint density at radius 2 is 1.79 bits per heavy atom. The second-order valence-electron chi connectivity index (χ2n) is 6.22. The van der Waals surface area contributed by atoms with E-state index in [1.54, 1.807) is 6.07 Å². The lowest BCUT2D eigenvalue weighted by molar-refractivity contribution is -0.114. The molecule has 0 bridgehead atoms. The van der Waals surface area contributed by atoms with Crippen molar-refractivity contribution < 1.29 is 22.7 Å². The molecule has 0 aliphatic rings. The summed E-state index contributed by atoms with van der Waals surface area (Å²) in [6, 6.07) is 8.37. The van der Waals surface area contributed by atoms with E-state index < -0.39 is 22.5 Å². The molecular weight excluding hydrogens is 404 g/mol. The Hall–Kier alpha value is -2.45. The number of benzene rings is 2. The van der Waals surface area contributed by atoms with Gasteiger partial charge in [0.05, 0.1) is 31.2 Å². The molecule has 9 heteroatoms. The van der Waals surface area contributed by atoms with Crippen molar-refractivity contribution in [2.75, 3.05) is 36.6 Å². The zero-order valence-electron chi connectivity index (χ0n) is 16.4. The highest BCUT2D eigenvalue weighted by atomic mass is 35.5. The van der Waals surface area contributed by atoms with E-state index >= 15 is 0 Å². The van der Waals surface area contributed by atoms with Gasteiger partial charge in [-0.3, -0.25) is 9.10 Å². The first-order chi connectivity index (χ1) is 13.1. The molecular formula is C19H23ClN2O5S. The summed E-state index contributed by atoms with van der Waals surface area (Å²) in [6.45, 7) is 3.37. The number of nitrogens with one attached hydrogen (secondary N) is 1. The molecule has 0 saturated heterocycles. The maximum atomic E-state index is 12.6. The van der Waals surface area contributed by atoms with Gasteiger partial charge in [0.15, 0.2) is 0 Å². The number of amides is 1. The zero-order valence-corrected chi connectivity index (χ0v) is 17.9. The number of aryl methyl sites for hydroxylation is 1. The smallest absolute Gasteiger partial charge is 0.245 e. The van der Waals surface area contributed by atoms with E-state index in [1.165, 1.54) is 26.4 Å². The number of hydrogen-bond acceptors (Lipinski definition) is 5. The SMILES string of the molecule is COc1cc(N(CC(=O)Nc2cccc(C)c2C)S(C)(=O)=O)c(OC)cc1Cl. The summed E-state index contributed by atoms with van der Waals surface area (Å²) in [6.07, 6.45) is 1.01. The van der Waals surface area contributed by atoms with Crippen LogP contribution in [0.5, 0.6) is 11.5 Å². The fourth-order valence-electron chi connectivity index (χ4n) is 2.63. The Bertz CT molecular complexity index is 992. The molecule has 28 heavy (non-hydrogen) atoms. The summed E-state index contributed by atoms with van der Waals surface area (Å²) in [7, 11) is -1.00. The van der Waals surface area contributed by atoms with Crippen molar-refractivity contribution >= 4 is 38.9 Å². The minimum Gasteiger partial charge on any atom is -0.495 e. The van der Waals surface area contributed by atoms with Crippen LogP contribution in [0.4, 0.5) is 11.4 Å². The van der Waals surface area contributed by atoms with Crippen LogP contribution in [-0.4, -0.2) is 41.3 Å². The van der Waals surface area contributed by atoms with Gasteiger partial charge in [0.1, 0.15) is 18.0 Å². The van der Waals surface area contributed by atoms with Crippen molar-refractivity contribution in [1.29, 1.82) is 0 Å². The number of ether oxygens (including phenoxy) is 2. The summed E-state index contributed by atoms with van der Waals surface area (Å²) in [5, 5.41) is 3.02. The largest absolute Gasteiger partial charge is 0.495 e. The lowest BCUT2D eigenvalue weighted by Crippen LogP contribution is -2.37. The third-order valence-corrected chi connectivity index (χ3v) is 5.71. The molecule has 0 aliphatic heterocycles. The summed E-state index contributed by atoms with van der Waals surface area (Å²) in [5.41, 5.74) is 2.70. The molecule has 0 atom stereocenters. The van der Waals surface area contributed by atoms with Gasteiger partial charge in [-0.2, -0.15) is 0 Å². The molecule has 2 aromatic rings. The minimum atomic E-state index is -3.80. The van der Waals surface area contributed by atoms with Crippen LogP contribution in [0.25, 0.3) is 0 Å². The van der Waals surface area contributed by atoms with Gasteiger partial charge in [-0.05, 0) is 31.0 Å². The highest BCUT2D eigenvalue weighted by Gasteiger charge is 2.26. The Morgan fingerprint density at radius 1 is 1.14 bits per heavy atom. The zero-order chi connectivity index (χ0) is 21.1. The van der Waals surface area contributed by atoms with E-state index in [2.05, 4.69) is 5.32 Å². The molecule has 1 N–H and O–H groups in total. The van der Waals surface area contributed by atoms with Crippen LogP contribution in [0.1, 0.15) is 11.1 Å². The maximum absolute atomic E-state index is 12.6.